The van der Waals surface area contributed by atoms with Crippen molar-refractivity contribution in [2.24, 2.45) is 5.73 Å². The Kier molecular flexibility index (Phi) is 2.93. The molecule has 1 aliphatic heterocycles. The summed E-state index contributed by atoms with van der Waals surface area (Å²) in [6.07, 6.45) is 0.472. The molecule has 0 atom stereocenters. The molecule has 0 bridgehead atoms. The molecule has 1 aliphatic rings. The molecule has 0 radical (unpaired) electrons. The molecular formula is C11H13ClN2O. The molecule has 3 nitrogen and oxygen atoms in total. The topological polar surface area (TPSA) is 46.3 Å². The minimum Gasteiger partial charge on any atom is -0.326 e. The predicted octanol–water partition coefficient (Wildman–Crippen LogP) is 1.27. The summed E-state index contributed by atoms with van der Waals surface area (Å²) < 4.78 is 0. The Morgan fingerprint density at radius 1 is 1.47 bits per heavy atom. The minimum atomic E-state index is 0.125. The van der Waals surface area contributed by atoms with Crippen LogP contribution < -0.4 is 10.6 Å². The van der Waals surface area contributed by atoms with E-state index in [1.807, 2.05) is 18.2 Å². The third-order valence-corrected chi connectivity index (χ3v) is 2.79. The van der Waals surface area contributed by atoms with Crippen molar-refractivity contribution in [2.75, 3.05) is 17.3 Å². The van der Waals surface area contributed by atoms with Crippen molar-refractivity contribution in [3.05, 3.63) is 29.3 Å². The van der Waals surface area contributed by atoms with Crippen LogP contribution in [0.1, 0.15) is 11.1 Å². The van der Waals surface area contributed by atoms with Crippen LogP contribution >= 0.6 is 11.6 Å². The molecule has 15 heavy (non-hydrogen) atoms. The lowest BCUT2D eigenvalue weighted by atomic mass is 10.1. The van der Waals surface area contributed by atoms with E-state index in [2.05, 4.69) is 0 Å². The van der Waals surface area contributed by atoms with Gasteiger partial charge in [-0.15, -0.1) is 11.6 Å². The van der Waals surface area contributed by atoms with E-state index in [1.54, 1.807) is 4.90 Å². The second-order valence-electron chi connectivity index (χ2n) is 3.58. The number of carbonyl (C=O) groups is 1. The van der Waals surface area contributed by atoms with Crippen LogP contribution in [0.3, 0.4) is 0 Å². The molecule has 1 heterocycles. The lowest BCUT2D eigenvalue weighted by Gasteiger charge is -2.15. The van der Waals surface area contributed by atoms with Crippen LogP contribution in [0.2, 0.25) is 0 Å². The van der Waals surface area contributed by atoms with Gasteiger partial charge in [-0.3, -0.25) is 4.79 Å². The minimum absolute atomic E-state index is 0.125. The van der Waals surface area contributed by atoms with E-state index in [9.17, 15) is 4.79 Å². The molecule has 1 amide bonds. The maximum atomic E-state index is 11.7. The molecule has 0 saturated carbocycles. The molecule has 1 aromatic carbocycles. The number of carbonyl (C=O) groups excluding carboxylic acids is 1. The number of anilines is 1. The van der Waals surface area contributed by atoms with Crippen molar-refractivity contribution in [1.82, 2.24) is 0 Å². The highest BCUT2D eigenvalue weighted by atomic mass is 35.5. The van der Waals surface area contributed by atoms with Crippen LogP contribution in [0.4, 0.5) is 5.69 Å². The highest BCUT2D eigenvalue weighted by molar-refractivity contribution is 6.18. The Morgan fingerprint density at radius 3 is 2.93 bits per heavy atom. The predicted molar refractivity (Wildman–Crippen MR) is 61.1 cm³/mol. The van der Waals surface area contributed by atoms with Crippen molar-refractivity contribution in [3.8, 4) is 0 Å². The third kappa shape index (κ3) is 1.85. The second-order valence-corrected chi connectivity index (χ2v) is 3.96. The molecule has 1 aromatic rings. The first kappa shape index (κ1) is 10.5. The number of alkyl halides is 1. The lowest BCUT2D eigenvalue weighted by molar-refractivity contribution is -0.117. The molecular weight excluding hydrogens is 212 g/mol. The first-order valence-electron chi connectivity index (χ1n) is 4.94. The van der Waals surface area contributed by atoms with E-state index in [4.69, 9.17) is 17.3 Å². The van der Waals surface area contributed by atoms with Crippen LogP contribution in [0.15, 0.2) is 18.2 Å². The fourth-order valence-electron chi connectivity index (χ4n) is 1.89. The Hall–Kier alpha value is -1.06. The normalized spacial score (nSPS) is 14.5. The SMILES string of the molecule is NCc1ccc2c(c1)CC(=O)N2CCCl. The van der Waals surface area contributed by atoms with Gasteiger partial charge in [0.15, 0.2) is 0 Å². The maximum absolute atomic E-state index is 11.7. The Bertz CT molecular complexity index is 392. The summed E-state index contributed by atoms with van der Waals surface area (Å²) in [5.41, 5.74) is 8.66. The second kappa shape index (κ2) is 4.21. The number of nitrogens with zero attached hydrogens (tertiary/aromatic N) is 1. The number of hydrogen-bond donors (Lipinski definition) is 1. The van der Waals surface area contributed by atoms with Crippen molar-refractivity contribution < 1.29 is 4.79 Å². The lowest BCUT2D eigenvalue weighted by Crippen LogP contribution is -2.28. The zero-order chi connectivity index (χ0) is 10.8. The number of nitrogens with two attached hydrogens (primary N) is 1. The molecule has 2 rings (SSSR count). The van der Waals surface area contributed by atoms with Gasteiger partial charge >= 0.3 is 0 Å². The number of halogens is 1. The van der Waals surface area contributed by atoms with Gasteiger partial charge in [0.1, 0.15) is 0 Å². The van der Waals surface area contributed by atoms with Crippen LogP contribution in [-0.4, -0.2) is 18.3 Å². The largest absolute Gasteiger partial charge is 0.326 e. The smallest absolute Gasteiger partial charge is 0.231 e. The van der Waals surface area contributed by atoms with Gasteiger partial charge in [-0.2, -0.15) is 0 Å². The van der Waals surface area contributed by atoms with E-state index in [0.717, 1.165) is 16.8 Å². The van der Waals surface area contributed by atoms with Gasteiger partial charge in [-0.1, -0.05) is 12.1 Å². The van der Waals surface area contributed by atoms with E-state index < -0.39 is 0 Å². The monoisotopic (exact) mass is 224 g/mol. The molecule has 0 spiro atoms. The van der Waals surface area contributed by atoms with Gasteiger partial charge in [0.05, 0.1) is 6.42 Å². The van der Waals surface area contributed by atoms with Crippen molar-refractivity contribution >= 4 is 23.2 Å². The Balaban J connectivity index is 2.34. The summed E-state index contributed by atoms with van der Waals surface area (Å²) in [6.45, 7) is 1.09. The first-order chi connectivity index (χ1) is 7.26. The van der Waals surface area contributed by atoms with E-state index in [-0.39, 0.29) is 5.91 Å². The average molecular weight is 225 g/mol. The molecule has 4 heteroatoms. The van der Waals surface area contributed by atoms with E-state index in [1.165, 1.54) is 0 Å². The summed E-state index contributed by atoms with van der Waals surface area (Å²) in [5.74, 6) is 0.587. The number of amides is 1. The maximum Gasteiger partial charge on any atom is 0.231 e. The highest BCUT2D eigenvalue weighted by Crippen LogP contribution is 2.29. The Morgan fingerprint density at radius 2 is 2.27 bits per heavy atom. The zero-order valence-corrected chi connectivity index (χ0v) is 9.13. The van der Waals surface area contributed by atoms with E-state index >= 15 is 0 Å². The van der Waals surface area contributed by atoms with Gasteiger partial charge < -0.3 is 10.6 Å². The molecule has 2 N–H and O–H groups in total. The summed E-state index contributed by atoms with van der Waals surface area (Å²) in [7, 11) is 0. The third-order valence-electron chi connectivity index (χ3n) is 2.62. The van der Waals surface area contributed by atoms with Crippen LogP contribution in [0.5, 0.6) is 0 Å². The average Bonchev–Trinajstić information content (AvgIpc) is 2.55. The number of rotatable bonds is 3. The molecule has 0 aliphatic carbocycles. The molecule has 0 unspecified atom stereocenters. The molecule has 80 valence electrons. The molecule has 0 aromatic heterocycles. The summed E-state index contributed by atoms with van der Waals surface area (Å²) in [5, 5.41) is 0. The van der Waals surface area contributed by atoms with Crippen molar-refractivity contribution in [1.29, 1.82) is 0 Å². The Labute approximate surface area is 93.8 Å². The van der Waals surface area contributed by atoms with Crippen LogP contribution in [0, 0.1) is 0 Å². The zero-order valence-electron chi connectivity index (χ0n) is 8.37. The number of fused-ring (bicyclic) bond motifs is 1. The summed E-state index contributed by atoms with van der Waals surface area (Å²) in [4.78, 5) is 13.4. The molecule has 0 saturated heterocycles. The van der Waals surface area contributed by atoms with Crippen molar-refractivity contribution in [2.45, 2.75) is 13.0 Å². The van der Waals surface area contributed by atoms with E-state index in [0.29, 0.717) is 25.4 Å². The first-order valence-corrected chi connectivity index (χ1v) is 5.48. The summed E-state index contributed by atoms with van der Waals surface area (Å²) >= 11 is 5.66. The van der Waals surface area contributed by atoms with Gasteiger partial charge in [-0.05, 0) is 17.2 Å². The summed E-state index contributed by atoms with van der Waals surface area (Å²) in [6, 6.07) is 5.91. The van der Waals surface area contributed by atoms with Crippen molar-refractivity contribution in [3.63, 3.8) is 0 Å². The number of benzene rings is 1. The fraction of sp³-hybridized carbons (Fsp3) is 0.364. The van der Waals surface area contributed by atoms with Gasteiger partial charge in [-0.25, -0.2) is 0 Å². The molecule has 0 fully saturated rings. The fourth-order valence-corrected chi connectivity index (χ4v) is 2.06. The van der Waals surface area contributed by atoms with Crippen LogP contribution in [-0.2, 0) is 17.8 Å². The van der Waals surface area contributed by atoms with Gasteiger partial charge in [0.25, 0.3) is 0 Å². The van der Waals surface area contributed by atoms with Gasteiger partial charge in [0, 0.05) is 24.7 Å². The quantitative estimate of drug-likeness (QED) is 0.787. The number of hydrogen-bond acceptors (Lipinski definition) is 2. The van der Waals surface area contributed by atoms with Gasteiger partial charge in [0.2, 0.25) is 5.91 Å². The standard InChI is InChI=1S/C11H13ClN2O/c12-3-4-14-10-2-1-8(7-13)5-9(10)6-11(14)15/h1-2,5H,3-4,6-7,13H2. The van der Waals surface area contributed by atoms with Crippen LogP contribution in [0.25, 0.3) is 0 Å². The highest BCUT2D eigenvalue weighted by Gasteiger charge is 2.26.